The van der Waals surface area contributed by atoms with Crippen molar-refractivity contribution in [2.75, 3.05) is 13.7 Å². The van der Waals surface area contributed by atoms with Crippen LogP contribution in [0.25, 0.3) is 0 Å². The molecule has 1 aromatic heterocycles. The third-order valence-electron chi connectivity index (χ3n) is 4.00. The van der Waals surface area contributed by atoms with Gasteiger partial charge in [0.25, 0.3) is 0 Å². The lowest BCUT2D eigenvalue weighted by Crippen LogP contribution is -2.42. The molecule has 1 aromatic rings. The van der Waals surface area contributed by atoms with Crippen molar-refractivity contribution in [3.8, 4) is 0 Å². The van der Waals surface area contributed by atoms with Gasteiger partial charge in [-0.2, -0.15) is 0 Å². The Bertz CT molecular complexity index is 562. The first-order valence-electron chi connectivity index (χ1n) is 7.75. The van der Waals surface area contributed by atoms with Crippen molar-refractivity contribution in [1.29, 1.82) is 0 Å². The molecule has 0 radical (unpaired) electrons. The fraction of sp³-hybridized carbons (Fsp3) is 0.733. The molecule has 1 unspecified atom stereocenters. The molecule has 0 fully saturated rings. The number of nitrogens with one attached hydrogen (secondary N) is 1. The van der Waals surface area contributed by atoms with E-state index in [-0.39, 0.29) is 22.8 Å². The van der Waals surface area contributed by atoms with Crippen LogP contribution < -0.4 is 4.72 Å². The van der Waals surface area contributed by atoms with Crippen LogP contribution >= 0.6 is 22.9 Å². The molecule has 23 heavy (non-hydrogen) atoms. The number of sulfonamides is 1. The lowest BCUT2D eigenvalue weighted by atomic mass is 9.92. The van der Waals surface area contributed by atoms with Crippen LogP contribution in [0, 0.1) is 5.92 Å². The number of ether oxygens (including phenoxy) is 1. The molecule has 1 heterocycles. The third kappa shape index (κ3) is 6.68. The molecule has 5 nitrogen and oxygen atoms in total. The van der Waals surface area contributed by atoms with Crippen LogP contribution in [0.2, 0.25) is 4.34 Å². The molecule has 0 aromatic carbocycles. The number of methoxy groups -OCH3 is 1. The fourth-order valence-corrected chi connectivity index (χ4v) is 5.25. The first kappa shape index (κ1) is 20.9. The lowest BCUT2D eigenvalue weighted by molar-refractivity contribution is 0.105. The Morgan fingerprint density at radius 2 is 2.09 bits per heavy atom. The van der Waals surface area contributed by atoms with Crippen molar-refractivity contribution in [3.05, 3.63) is 16.5 Å². The van der Waals surface area contributed by atoms with E-state index in [4.69, 9.17) is 16.3 Å². The minimum Gasteiger partial charge on any atom is -0.395 e. The molecule has 0 amide bonds. The zero-order valence-corrected chi connectivity index (χ0v) is 16.2. The Balaban J connectivity index is 2.69. The monoisotopic (exact) mass is 383 g/mol. The van der Waals surface area contributed by atoms with Gasteiger partial charge in [-0.1, -0.05) is 31.4 Å². The Kier molecular flexibility index (Phi) is 9.03. The molecular formula is C15H26ClNO4S2. The van der Waals surface area contributed by atoms with E-state index in [2.05, 4.69) is 4.72 Å². The highest BCUT2D eigenvalue weighted by atomic mass is 35.5. The number of aliphatic hydroxyl groups is 1. The Morgan fingerprint density at radius 3 is 2.57 bits per heavy atom. The lowest BCUT2D eigenvalue weighted by Gasteiger charge is -2.25. The second-order valence-corrected chi connectivity index (χ2v) is 9.27. The van der Waals surface area contributed by atoms with E-state index < -0.39 is 16.1 Å². The van der Waals surface area contributed by atoms with Crippen molar-refractivity contribution in [3.63, 3.8) is 0 Å². The van der Waals surface area contributed by atoms with Gasteiger partial charge in [-0.25, -0.2) is 13.1 Å². The molecule has 2 N–H and O–H groups in total. The Labute approximate surface area is 148 Å². The predicted molar refractivity (Wildman–Crippen MR) is 94.6 cm³/mol. The van der Waals surface area contributed by atoms with Crippen LogP contribution in [0.3, 0.4) is 0 Å². The van der Waals surface area contributed by atoms with Gasteiger partial charge in [0.15, 0.2) is 0 Å². The van der Waals surface area contributed by atoms with Crippen LogP contribution in [0.5, 0.6) is 0 Å². The second kappa shape index (κ2) is 9.96. The fourth-order valence-electron chi connectivity index (χ4n) is 2.46. The normalized spacial score (nSPS) is 16.2. The standard InChI is InChI=1S/C15H26ClNO4S2/c1-4-12(7-5-6-11(2)21-3)13(10-18)17-23(19,20)15-9-8-14(16)22-15/h8-9,11-13,17-18H,4-7,10H2,1-3H3/t11?,12-,13-/m1/s1. The van der Waals surface area contributed by atoms with E-state index in [0.29, 0.717) is 4.34 Å². The summed E-state index contributed by atoms with van der Waals surface area (Å²) in [4.78, 5) is 0. The summed E-state index contributed by atoms with van der Waals surface area (Å²) in [6, 6.07) is 2.53. The highest BCUT2D eigenvalue weighted by molar-refractivity contribution is 7.91. The number of rotatable bonds is 11. The molecule has 8 heteroatoms. The summed E-state index contributed by atoms with van der Waals surface area (Å²) in [5.74, 6) is 0.0780. The molecule has 0 aliphatic heterocycles. The summed E-state index contributed by atoms with van der Waals surface area (Å²) < 4.78 is 33.2. The SMILES string of the molecule is CC[C@H](CCCC(C)OC)[C@@H](CO)NS(=O)(=O)c1ccc(Cl)s1. The number of thiophene rings is 1. The van der Waals surface area contributed by atoms with Crippen molar-refractivity contribution >= 4 is 33.0 Å². The van der Waals surface area contributed by atoms with Gasteiger partial charge in [0.1, 0.15) is 4.21 Å². The topological polar surface area (TPSA) is 75.6 Å². The molecule has 1 rings (SSSR count). The van der Waals surface area contributed by atoms with Crippen molar-refractivity contribution in [2.24, 2.45) is 5.92 Å². The van der Waals surface area contributed by atoms with Crippen LogP contribution in [0.4, 0.5) is 0 Å². The summed E-state index contributed by atoms with van der Waals surface area (Å²) in [7, 11) is -1.97. The summed E-state index contributed by atoms with van der Waals surface area (Å²) in [6.45, 7) is 3.79. The quantitative estimate of drug-likeness (QED) is 0.614. The van der Waals surface area contributed by atoms with E-state index >= 15 is 0 Å². The van der Waals surface area contributed by atoms with Gasteiger partial charge < -0.3 is 9.84 Å². The summed E-state index contributed by atoms with van der Waals surface area (Å²) in [5.41, 5.74) is 0. The first-order valence-corrected chi connectivity index (χ1v) is 10.4. The number of hydrogen-bond donors (Lipinski definition) is 2. The van der Waals surface area contributed by atoms with Crippen LogP contribution in [0.1, 0.15) is 39.5 Å². The van der Waals surface area contributed by atoms with E-state index in [1.54, 1.807) is 13.2 Å². The molecule has 0 spiro atoms. The maximum absolute atomic E-state index is 12.4. The van der Waals surface area contributed by atoms with Gasteiger partial charge in [-0.05, 0) is 37.8 Å². The maximum Gasteiger partial charge on any atom is 0.250 e. The van der Waals surface area contributed by atoms with Gasteiger partial charge in [0.05, 0.1) is 17.0 Å². The molecule has 0 saturated heterocycles. The van der Waals surface area contributed by atoms with E-state index in [1.807, 2.05) is 13.8 Å². The molecule has 0 saturated carbocycles. The molecule has 134 valence electrons. The van der Waals surface area contributed by atoms with E-state index in [1.165, 1.54) is 6.07 Å². The van der Waals surface area contributed by atoms with Crippen LogP contribution in [-0.2, 0) is 14.8 Å². The second-order valence-electron chi connectivity index (χ2n) is 5.61. The minimum absolute atomic E-state index is 0.0780. The summed E-state index contributed by atoms with van der Waals surface area (Å²) in [6.07, 6.45) is 3.66. The zero-order chi connectivity index (χ0) is 17.5. The van der Waals surface area contributed by atoms with Gasteiger partial charge >= 0.3 is 0 Å². The molecule has 0 bridgehead atoms. The average Bonchev–Trinajstić information content (AvgIpc) is 2.96. The van der Waals surface area contributed by atoms with Crippen molar-refractivity contribution in [2.45, 2.75) is 55.9 Å². The minimum atomic E-state index is -3.65. The molecule has 0 aliphatic carbocycles. The van der Waals surface area contributed by atoms with Gasteiger partial charge in [0, 0.05) is 13.2 Å². The highest BCUT2D eigenvalue weighted by Gasteiger charge is 2.26. The van der Waals surface area contributed by atoms with Crippen molar-refractivity contribution in [1.82, 2.24) is 4.72 Å². The molecule has 3 atom stereocenters. The first-order chi connectivity index (χ1) is 10.8. The summed E-state index contributed by atoms with van der Waals surface area (Å²) >= 11 is 6.81. The highest BCUT2D eigenvalue weighted by Crippen LogP contribution is 2.27. The number of aliphatic hydroxyl groups excluding tert-OH is 1. The third-order valence-corrected chi connectivity index (χ3v) is 7.21. The van der Waals surface area contributed by atoms with Gasteiger partial charge in [-0.15, -0.1) is 11.3 Å². The van der Waals surface area contributed by atoms with Crippen molar-refractivity contribution < 1.29 is 18.3 Å². The number of hydrogen-bond acceptors (Lipinski definition) is 5. The van der Waals surface area contributed by atoms with Gasteiger partial charge in [0.2, 0.25) is 10.0 Å². The maximum atomic E-state index is 12.4. The zero-order valence-electron chi connectivity index (χ0n) is 13.8. The van der Waals surface area contributed by atoms with Crippen LogP contribution in [-0.4, -0.2) is 39.4 Å². The Morgan fingerprint density at radius 1 is 1.39 bits per heavy atom. The average molecular weight is 384 g/mol. The largest absolute Gasteiger partial charge is 0.395 e. The molecule has 0 aliphatic rings. The predicted octanol–water partition coefficient (Wildman–Crippen LogP) is 3.27. The van der Waals surface area contributed by atoms with E-state index in [9.17, 15) is 13.5 Å². The Hall–Kier alpha value is -0.180. The van der Waals surface area contributed by atoms with Crippen LogP contribution in [0.15, 0.2) is 16.3 Å². The number of halogens is 1. The van der Waals surface area contributed by atoms with E-state index in [0.717, 1.165) is 37.0 Å². The molecular weight excluding hydrogens is 358 g/mol. The smallest absolute Gasteiger partial charge is 0.250 e. The van der Waals surface area contributed by atoms with Gasteiger partial charge in [-0.3, -0.25) is 0 Å². The summed E-state index contributed by atoms with van der Waals surface area (Å²) in [5, 5.41) is 9.62.